The molecule has 0 unspecified atom stereocenters. The molecule has 0 radical (unpaired) electrons. The van der Waals surface area contributed by atoms with Crippen molar-refractivity contribution in [3.63, 3.8) is 0 Å². The summed E-state index contributed by atoms with van der Waals surface area (Å²) in [6, 6.07) is 23.5. The normalized spacial score (nSPS) is 11.1. The largest absolute Gasteiger partial charge is 0.508 e. The van der Waals surface area contributed by atoms with Gasteiger partial charge in [-0.2, -0.15) is 0 Å². The van der Waals surface area contributed by atoms with Gasteiger partial charge >= 0.3 is 0 Å². The van der Waals surface area contributed by atoms with Crippen molar-refractivity contribution < 1.29 is 30.6 Å². The van der Waals surface area contributed by atoms with Gasteiger partial charge in [0.05, 0.1) is 0 Å². The third-order valence-electron chi connectivity index (χ3n) is 6.60. The standard InChI is InChI=1S/C31H26O6/c32-23-7-1-18(2-8-23)13-21-17-28(35)31(37)29-26(21)16-22(14-19-3-9-24(33)10-4-19)30(36)27(29)15-20-5-11-25(34)12-6-20/h1-12,16-17,32-37H,13-15H2. The summed E-state index contributed by atoms with van der Waals surface area (Å²) >= 11 is 0. The van der Waals surface area contributed by atoms with E-state index in [2.05, 4.69) is 0 Å². The molecule has 0 bridgehead atoms. The van der Waals surface area contributed by atoms with Gasteiger partial charge in [-0.25, -0.2) is 0 Å². The van der Waals surface area contributed by atoms with Gasteiger partial charge in [-0.1, -0.05) is 36.4 Å². The van der Waals surface area contributed by atoms with Gasteiger partial charge in [-0.3, -0.25) is 0 Å². The van der Waals surface area contributed by atoms with Crippen molar-refractivity contribution in [2.45, 2.75) is 19.3 Å². The molecule has 5 rings (SSSR count). The van der Waals surface area contributed by atoms with E-state index in [9.17, 15) is 30.6 Å². The summed E-state index contributed by atoms with van der Waals surface area (Å²) in [4.78, 5) is 0. The quantitative estimate of drug-likeness (QED) is 0.165. The average Bonchev–Trinajstić information content (AvgIpc) is 2.88. The topological polar surface area (TPSA) is 121 Å². The van der Waals surface area contributed by atoms with Crippen LogP contribution in [0.1, 0.15) is 33.4 Å². The van der Waals surface area contributed by atoms with Crippen LogP contribution in [0.2, 0.25) is 0 Å². The molecule has 6 nitrogen and oxygen atoms in total. The third kappa shape index (κ3) is 4.95. The number of hydrogen-bond donors (Lipinski definition) is 6. The molecule has 5 aromatic carbocycles. The van der Waals surface area contributed by atoms with Crippen molar-refractivity contribution in [3.05, 3.63) is 118 Å². The van der Waals surface area contributed by atoms with Gasteiger partial charge in [-0.15, -0.1) is 0 Å². The van der Waals surface area contributed by atoms with E-state index in [1.165, 1.54) is 6.07 Å². The molecule has 6 N–H and O–H groups in total. The SMILES string of the molecule is Oc1ccc(Cc2cc3c(Cc4ccc(O)cc4)cc(O)c(O)c3c(Cc3ccc(O)cc3)c2O)cc1. The van der Waals surface area contributed by atoms with Crippen molar-refractivity contribution in [2.75, 3.05) is 0 Å². The van der Waals surface area contributed by atoms with Crippen molar-refractivity contribution >= 4 is 10.8 Å². The zero-order valence-corrected chi connectivity index (χ0v) is 19.9. The molecule has 0 saturated heterocycles. The molecule has 0 fully saturated rings. The number of rotatable bonds is 6. The summed E-state index contributed by atoms with van der Waals surface area (Å²) in [5.41, 5.74) is 4.42. The molecular weight excluding hydrogens is 468 g/mol. The van der Waals surface area contributed by atoms with Crippen molar-refractivity contribution in [3.8, 4) is 34.5 Å². The second kappa shape index (κ2) is 9.66. The first-order valence-corrected chi connectivity index (χ1v) is 11.8. The van der Waals surface area contributed by atoms with E-state index in [1.807, 2.05) is 6.07 Å². The number of aromatic hydroxyl groups is 6. The Morgan fingerprint density at radius 2 is 0.865 bits per heavy atom. The van der Waals surface area contributed by atoms with Gasteiger partial charge in [0.2, 0.25) is 0 Å². The van der Waals surface area contributed by atoms with E-state index in [-0.39, 0.29) is 40.9 Å². The highest BCUT2D eigenvalue weighted by atomic mass is 16.3. The Balaban J connectivity index is 1.72. The fourth-order valence-electron chi connectivity index (χ4n) is 4.69. The second-order valence-corrected chi connectivity index (χ2v) is 9.22. The van der Waals surface area contributed by atoms with Crippen LogP contribution in [0.3, 0.4) is 0 Å². The highest BCUT2D eigenvalue weighted by Crippen LogP contribution is 2.44. The molecule has 0 amide bonds. The van der Waals surface area contributed by atoms with E-state index < -0.39 is 0 Å². The first-order chi connectivity index (χ1) is 17.8. The predicted molar refractivity (Wildman–Crippen MR) is 142 cm³/mol. The predicted octanol–water partition coefficient (Wildman–Crippen LogP) is 5.85. The molecule has 6 heteroatoms. The Kier molecular flexibility index (Phi) is 6.24. The number of fused-ring (bicyclic) bond motifs is 1. The van der Waals surface area contributed by atoms with Gasteiger partial charge in [0.1, 0.15) is 23.0 Å². The molecule has 0 aliphatic carbocycles. The van der Waals surface area contributed by atoms with Crippen molar-refractivity contribution in [1.29, 1.82) is 0 Å². The molecule has 186 valence electrons. The molecule has 0 aromatic heterocycles. The zero-order valence-electron chi connectivity index (χ0n) is 19.9. The lowest BCUT2D eigenvalue weighted by Crippen LogP contribution is -2.00. The minimum Gasteiger partial charge on any atom is -0.508 e. The number of phenolic OH excluding ortho intramolecular Hbond substituents is 6. The first-order valence-electron chi connectivity index (χ1n) is 11.8. The molecular formula is C31H26O6. The molecule has 0 spiro atoms. The van der Waals surface area contributed by atoms with E-state index in [4.69, 9.17) is 0 Å². The number of hydrogen-bond acceptors (Lipinski definition) is 6. The Morgan fingerprint density at radius 3 is 1.35 bits per heavy atom. The van der Waals surface area contributed by atoms with Crippen LogP contribution in [0, 0.1) is 0 Å². The number of phenols is 6. The number of benzene rings is 5. The molecule has 0 heterocycles. The van der Waals surface area contributed by atoms with Crippen LogP contribution in [-0.2, 0) is 19.3 Å². The molecule has 0 saturated carbocycles. The van der Waals surface area contributed by atoms with Gasteiger partial charge in [0.25, 0.3) is 0 Å². The minimum absolute atomic E-state index is 0.00475. The molecule has 5 aromatic rings. The van der Waals surface area contributed by atoms with Crippen LogP contribution in [0.5, 0.6) is 34.5 Å². The maximum atomic E-state index is 11.4. The maximum absolute atomic E-state index is 11.4. The van der Waals surface area contributed by atoms with Gasteiger partial charge < -0.3 is 30.6 Å². The van der Waals surface area contributed by atoms with Crippen molar-refractivity contribution in [1.82, 2.24) is 0 Å². The van der Waals surface area contributed by atoms with E-state index in [1.54, 1.807) is 72.8 Å². The van der Waals surface area contributed by atoms with Crippen LogP contribution in [0.4, 0.5) is 0 Å². The third-order valence-corrected chi connectivity index (χ3v) is 6.60. The summed E-state index contributed by atoms with van der Waals surface area (Å²) in [7, 11) is 0. The fraction of sp³-hybridized carbons (Fsp3) is 0.0968. The van der Waals surface area contributed by atoms with E-state index in [0.717, 1.165) is 22.3 Å². The lowest BCUT2D eigenvalue weighted by molar-refractivity contribution is 0.407. The van der Waals surface area contributed by atoms with Crippen LogP contribution in [-0.4, -0.2) is 30.6 Å². The van der Waals surface area contributed by atoms with Crippen LogP contribution >= 0.6 is 0 Å². The summed E-state index contributed by atoms with van der Waals surface area (Å²) in [6.45, 7) is 0. The van der Waals surface area contributed by atoms with Gasteiger partial charge in [0.15, 0.2) is 11.5 Å². The highest BCUT2D eigenvalue weighted by Gasteiger charge is 2.21. The summed E-state index contributed by atoms with van der Waals surface area (Å²) in [6.07, 6.45) is 1.05. The van der Waals surface area contributed by atoms with Crippen LogP contribution < -0.4 is 0 Å². The molecule has 0 aliphatic rings. The first kappa shape index (κ1) is 23.9. The average molecular weight is 495 g/mol. The van der Waals surface area contributed by atoms with Gasteiger partial charge in [-0.05, 0) is 88.2 Å². The zero-order chi connectivity index (χ0) is 26.1. The molecule has 37 heavy (non-hydrogen) atoms. The van der Waals surface area contributed by atoms with Crippen LogP contribution in [0.15, 0.2) is 84.9 Å². The Hall–Kier alpha value is -4.84. The Morgan fingerprint density at radius 1 is 0.432 bits per heavy atom. The Bertz CT molecular complexity index is 1570. The monoisotopic (exact) mass is 494 g/mol. The smallest absolute Gasteiger partial charge is 0.165 e. The van der Waals surface area contributed by atoms with E-state index in [0.29, 0.717) is 34.7 Å². The lowest BCUT2D eigenvalue weighted by atomic mass is 9.88. The second-order valence-electron chi connectivity index (χ2n) is 9.22. The summed E-state index contributed by atoms with van der Waals surface area (Å²) in [5, 5.41) is 63.1. The maximum Gasteiger partial charge on any atom is 0.165 e. The lowest BCUT2D eigenvalue weighted by Gasteiger charge is -2.19. The van der Waals surface area contributed by atoms with Crippen LogP contribution in [0.25, 0.3) is 10.8 Å². The molecule has 0 atom stereocenters. The summed E-state index contributed by atoms with van der Waals surface area (Å²) in [5.74, 6) is -0.181. The molecule has 0 aliphatic heterocycles. The highest BCUT2D eigenvalue weighted by molar-refractivity contribution is 5.98. The van der Waals surface area contributed by atoms with Crippen molar-refractivity contribution in [2.24, 2.45) is 0 Å². The summed E-state index contributed by atoms with van der Waals surface area (Å²) < 4.78 is 0. The Labute approximate surface area is 213 Å². The van der Waals surface area contributed by atoms with E-state index >= 15 is 0 Å². The van der Waals surface area contributed by atoms with Gasteiger partial charge in [0, 0.05) is 23.8 Å². The minimum atomic E-state index is -0.315. The fourth-order valence-corrected chi connectivity index (χ4v) is 4.69.